The molecule has 34 heavy (non-hydrogen) atoms. The molecule has 2 N–H and O–H groups in total. The number of hydrogen-bond donors (Lipinski definition) is 2. The number of nitrogens with one attached hydrogen (secondary N) is 2. The summed E-state index contributed by atoms with van der Waals surface area (Å²) >= 11 is 0. The lowest BCUT2D eigenvalue weighted by atomic mass is 10.1. The van der Waals surface area contributed by atoms with E-state index in [0.717, 1.165) is 53.0 Å². The highest BCUT2D eigenvalue weighted by Gasteiger charge is 2.28. The Morgan fingerprint density at radius 3 is 2.76 bits per heavy atom. The first-order chi connectivity index (χ1) is 16.5. The quantitative estimate of drug-likeness (QED) is 0.439. The Labute approximate surface area is 199 Å². The number of para-hydroxylation sites is 1. The Balaban J connectivity index is 1.35. The summed E-state index contributed by atoms with van der Waals surface area (Å²) in [6, 6.07) is 18.3. The summed E-state index contributed by atoms with van der Waals surface area (Å²) in [6.07, 6.45) is 4.61. The number of carbonyl (C=O) groups is 1. The van der Waals surface area contributed by atoms with Gasteiger partial charge in [0, 0.05) is 53.1 Å². The van der Waals surface area contributed by atoms with Crippen molar-refractivity contribution in [3.8, 4) is 17.0 Å². The van der Waals surface area contributed by atoms with Gasteiger partial charge >= 0.3 is 0 Å². The minimum Gasteiger partial charge on any atom is -0.495 e. The van der Waals surface area contributed by atoms with E-state index in [4.69, 9.17) is 4.74 Å². The van der Waals surface area contributed by atoms with Crippen molar-refractivity contribution in [3.63, 3.8) is 0 Å². The van der Waals surface area contributed by atoms with Crippen LogP contribution in [-0.4, -0.2) is 66.0 Å². The molecule has 0 bridgehead atoms. The number of aromatic nitrogens is 2. The number of likely N-dealkylation sites (tertiary alicyclic amines) is 1. The van der Waals surface area contributed by atoms with Crippen LogP contribution >= 0.6 is 0 Å². The predicted octanol–water partition coefficient (Wildman–Crippen LogP) is 4.76. The topological polar surface area (TPSA) is 73.5 Å². The van der Waals surface area contributed by atoms with Gasteiger partial charge in [-0.25, -0.2) is 0 Å². The van der Waals surface area contributed by atoms with Gasteiger partial charge in [0.15, 0.2) is 0 Å². The molecule has 174 valence electrons. The Hall–Kier alpha value is -3.84. The predicted molar refractivity (Wildman–Crippen MR) is 136 cm³/mol. The van der Waals surface area contributed by atoms with E-state index < -0.39 is 0 Å². The Kier molecular flexibility index (Phi) is 5.94. The molecule has 7 nitrogen and oxygen atoms in total. The second kappa shape index (κ2) is 9.19. The molecule has 0 aliphatic carbocycles. The first-order valence-electron chi connectivity index (χ1n) is 11.5. The van der Waals surface area contributed by atoms with Crippen molar-refractivity contribution in [1.82, 2.24) is 19.8 Å². The number of ether oxygens (including phenoxy) is 1. The highest BCUT2D eigenvalue weighted by atomic mass is 16.5. The van der Waals surface area contributed by atoms with Gasteiger partial charge in [0.25, 0.3) is 5.91 Å². The number of hydrogen-bond acceptors (Lipinski definition) is 5. The third-order valence-corrected chi connectivity index (χ3v) is 6.49. The smallest absolute Gasteiger partial charge is 0.254 e. The van der Waals surface area contributed by atoms with Crippen molar-refractivity contribution in [3.05, 3.63) is 72.6 Å². The summed E-state index contributed by atoms with van der Waals surface area (Å²) in [5.41, 5.74) is 5.33. The summed E-state index contributed by atoms with van der Waals surface area (Å²) in [5.74, 6) is 0.655. The number of fused-ring (bicyclic) bond motifs is 1. The highest BCUT2D eigenvalue weighted by Crippen LogP contribution is 2.31. The molecule has 1 fully saturated rings. The maximum absolute atomic E-state index is 13.0. The fourth-order valence-electron chi connectivity index (χ4n) is 4.50. The first kappa shape index (κ1) is 22.0. The summed E-state index contributed by atoms with van der Waals surface area (Å²) in [5, 5.41) is 4.55. The lowest BCUT2D eigenvalue weighted by Gasteiger charge is -2.21. The number of nitrogens with zero attached hydrogens (tertiary/aromatic N) is 3. The molecular weight excluding hydrogens is 426 g/mol. The highest BCUT2D eigenvalue weighted by molar-refractivity contribution is 5.95. The van der Waals surface area contributed by atoms with Gasteiger partial charge in [0.2, 0.25) is 0 Å². The standard InChI is InChI=1S/C27H29N5O2/c1-31(2)22-10-11-32(17-22)27(33)19-8-9-24(26(14-19)34-3)29-21-12-20(15-28-16-21)25-13-18-6-4-5-7-23(18)30-25/h4-9,12-16,22,29-30H,10-11,17H2,1-3H3/t22-/m0/s1. The van der Waals surface area contributed by atoms with Gasteiger partial charge in [-0.1, -0.05) is 18.2 Å². The monoisotopic (exact) mass is 455 g/mol. The number of benzene rings is 2. The molecule has 1 aliphatic rings. The molecule has 3 heterocycles. The fourth-order valence-corrected chi connectivity index (χ4v) is 4.50. The van der Waals surface area contributed by atoms with Gasteiger partial charge < -0.3 is 24.8 Å². The van der Waals surface area contributed by atoms with Crippen molar-refractivity contribution < 1.29 is 9.53 Å². The molecular formula is C27H29N5O2. The van der Waals surface area contributed by atoms with Gasteiger partial charge in [-0.3, -0.25) is 9.78 Å². The van der Waals surface area contributed by atoms with E-state index in [1.54, 1.807) is 13.3 Å². The van der Waals surface area contributed by atoms with Gasteiger partial charge in [-0.05, 0) is 56.9 Å². The maximum Gasteiger partial charge on any atom is 0.254 e. The number of rotatable bonds is 6. The molecule has 0 radical (unpaired) electrons. The van der Waals surface area contributed by atoms with Crippen LogP contribution in [0.15, 0.2) is 67.0 Å². The number of amides is 1. The zero-order chi connectivity index (χ0) is 23.7. The minimum atomic E-state index is 0.0386. The van der Waals surface area contributed by atoms with Gasteiger partial charge in [-0.15, -0.1) is 0 Å². The molecule has 7 heteroatoms. The van der Waals surface area contributed by atoms with E-state index in [1.165, 1.54) is 0 Å². The zero-order valence-electron chi connectivity index (χ0n) is 19.7. The van der Waals surface area contributed by atoms with Crippen LogP contribution in [0.5, 0.6) is 5.75 Å². The lowest BCUT2D eigenvalue weighted by Crippen LogP contribution is -2.34. The number of pyridine rings is 1. The van der Waals surface area contributed by atoms with E-state index in [0.29, 0.717) is 17.4 Å². The number of aromatic amines is 1. The maximum atomic E-state index is 13.0. The van der Waals surface area contributed by atoms with Crippen LogP contribution in [0.1, 0.15) is 16.8 Å². The normalized spacial score (nSPS) is 15.8. The second-order valence-electron chi connectivity index (χ2n) is 8.93. The number of likely N-dealkylation sites (N-methyl/N-ethyl adjacent to an activating group) is 1. The van der Waals surface area contributed by atoms with E-state index in [9.17, 15) is 4.79 Å². The van der Waals surface area contributed by atoms with Crippen molar-refractivity contribution in [2.45, 2.75) is 12.5 Å². The number of methoxy groups -OCH3 is 1. The minimum absolute atomic E-state index is 0.0386. The van der Waals surface area contributed by atoms with Crippen LogP contribution < -0.4 is 10.1 Å². The number of carbonyl (C=O) groups excluding carboxylic acids is 1. The molecule has 0 spiro atoms. The number of H-pyrrole nitrogens is 1. The third-order valence-electron chi connectivity index (χ3n) is 6.49. The summed E-state index contributed by atoms with van der Waals surface area (Å²) in [4.78, 5) is 25.0. The van der Waals surface area contributed by atoms with E-state index in [-0.39, 0.29) is 5.91 Å². The Morgan fingerprint density at radius 1 is 1.15 bits per heavy atom. The largest absolute Gasteiger partial charge is 0.495 e. The van der Waals surface area contributed by atoms with Crippen molar-refractivity contribution >= 4 is 28.2 Å². The van der Waals surface area contributed by atoms with Crippen LogP contribution in [0.3, 0.4) is 0 Å². The SMILES string of the molecule is COc1cc(C(=O)N2CC[C@H](N(C)C)C2)ccc1Nc1cncc(-c2cc3ccccc3[nH]2)c1. The molecule has 2 aromatic carbocycles. The van der Waals surface area contributed by atoms with Crippen LogP contribution in [0.4, 0.5) is 11.4 Å². The molecule has 1 atom stereocenters. The van der Waals surface area contributed by atoms with Gasteiger partial charge in [0.1, 0.15) is 5.75 Å². The molecule has 1 amide bonds. The van der Waals surface area contributed by atoms with Crippen molar-refractivity contribution in [2.24, 2.45) is 0 Å². The van der Waals surface area contributed by atoms with E-state index in [2.05, 4.69) is 52.5 Å². The number of anilines is 2. The summed E-state index contributed by atoms with van der Waals surface area (Å²) < 4.78 is 5.62. The van der Waals surface area contributed by atoms with E-state index >= 15 is 0 Å². The summed E-state index contributed by atoms with van der Waals surface area (Å²) in [6.45, 7) is 1.52. The molecule has 4 aromatic rings. The van der Waals surface area contributed by atoms with E-state index in [1.807, 2.05) is 47.5 Å². The average molecular weight is 456 g/mol. The second-order valence-corrected chi connectivity index (χ2v) is 8.93. The average Bonchev–Trinajstić information content (AvgIpc) is 3.52. The molecule has 1 saturated heterocycles. The zero-order valence-corrected chi connectivity index (χ0v) is 19.7. The molecule has 5 rings (SSSR count). The van der Waals surface area contributed by atoms with Crippen LogP contribution in [-0.2, 0) is 0 Å². The van der Waals surface area contributed by atoms with Crippen LogP contribution in [0.2, 0.25) is 0 Å². The van der Waals surface area contributed by atoms with Gasteiger partial charge in [-0.2, -0.15) is 0 Å². The molecule has 1 aliphatic heterocycles. The van der Waals surface area contributed by atoms with Gasteiger partial charge in [0.05, 0.1) is 24.7 Å². The lowest BCUT2D eigenvalue weighted by molar-refractivity contribution is 0.0782. The van der Waals surface area contributed by atoms with Crippen LogP contribution in [0.25, 0.3) is 22.2 Å². The molecule has 2 aromatic heterocycles. The Bertz CT molecular complexity index is 1300. The fraction of sp³-hybridized carbons (Fsp3) is 0.259. The van der Waals surface area contributed by atoms with Crippen molar-refractivity contribution in [2.75, 3.05) is 39.6 Å². The van der Waals surface area contributed by atoms with Crippen molar-refractivity contribution in [1.29, 1.82) is 0 Å². The summed E-state index contributed by atoms with van der Waals surface area (Å²) in [7, 11) is 5.74. The molecule has 0 unspecified atom stereocenters. The first-order valence-corrected chi connectivity index (χ1v) is 11.5. The van der Waals surface area contributed by atoms with Crippen LogP contribution in [0, 0.1) is 0 Å². The Morgan fingerprint density at radius 2 is 2.00 bits per heavy atom. The third kappa shape index (κ3) is 4.34. The molecule has 0 saturated carbocycles.